The quantitative estimate of drug-likeness (QED) is 0.893. The number of aliphatic hydroxyl groups excluding tert-OH is 1. The highest BCUT2D eigenvalue weighted by atomic mass is 32.2. The van der Waals surface area contributed by atoms with Gasteiger partial charge in [0.25, 0.3) is 0 Å². The zero-order valence-electron chi connectivity index (χ0n) is 10.6. The van der Waals surface area contributed by atoms with Gasteiger partial charge in [0.2, 0.25) is 0 Å². The number of thioether (sulfide) groups is 1. The summed E-state index contributed by atoms with van der Waals surface area (Å²) < 4.78 is 0. The summed E-state index contributed by atoms with van der Waals surface area (Å²) >= 11 is 1.98. The largest absolute Gasteiger partial charge is 0.389 e. The zero-order valence-corrected chi connectivity index (χ0v) is 11.4. The van der Waals surface area contributed by atoms with Gasteiger partial charge in [-0.2, -0.15) is 11.8 Å². The number of benzene rings is 1. The maximum absolute atomic E-state index is 9.80. The maximum atomic E-state index is 9.80. The van der Waals surface area contributed by atoms with Crippen LogP contribution in [-0.4, -0.2) is 29.7 Å². The molecule has 1 saturated heterocycles. The van der Waals surface area contributed by atoms with Gasteiger partial charge >= 0.3 is 0 Å². The molecule has 3 heteroatoms. The van der Waals surface area contributed by atoms with Crippen molar-refractivity contribution in [1.29, 1.82) is 0 Å². The Balaban J connectivity index is 2.13. The van der Waals surface area contributed by atoms with Gasteiger partial charge in [-0.3, -0.25) is 0 Å². The van der Waals surface area contributed by atoms with E-state index in [-0.39, 0.29) is 6.10 Å². The highest BCUT2D eigenvalue weighted by molar-refractivity contribution is 7.99. The van der Waals surface area contributed by atoms with Crippen molar-refractivity contribution in [3.63, 3.8) is 0 Å². The summed E-state index contributed by atoms with van der Waals surface area (Å²) in [5, 5.41) is 10.6. The van der Waals surface area contributed by atoms with Gasteiger partial charge in [-0.1, -0.05) is 18.2 Å². The van der Waals surface area contributed by atoms with Gasteiger partial charge in [-0.05, 0) is 32.1 Å². The molecular formula is C14H21NOS. The number of para-hydroxylation sites is 1. The van der Waals surface area contributed by atoms with Crippen LogP contribution in [0.1, 0.15) is 31.4 Å². The Kier molecular flexibility index (Phi) is 4.35. The van der Waals surface area contributed by atoms with Gasteiger partial charge in [0, 0.05) is 29.6 Å². The minimum Gasteiger partial charge on any atom is -0.389 e. The molecule has 1 aromatic rings. The summed E-state index contributed by atoms with van der Waals surface area (Å²) in [6.45, 7) is 4.05. The van der Waals surface area contributed by atoms with Crippen molar-refractivity contribution in [1.82, 2.24) is 0 Å². The molecule has 1 atom stereocenters. The minimum atomic E-state index is -0.385. The number of aliphatic hydroxyl groups is 1. The van der Waals surface area contributed by atoms with Crippen molar-refractivity contribution in [3.8, 4) is 0 Å². The molecular weight excluding hydrogens is 230 g/mol. The van der Waals surface area contributed by atoms with Crippen molar-refractivity contribution < 1.29 is 5.11 Å². The molecule has 0 radical (unpaired) electrons. The van der Waals surface area contributed by atoms with E-state index in [1.165, 1.54) is 18.5 Å². The van der Waals surface area contributed by atoms with Gasteiger partial charge in [0.05, 0.1) is 6.10 Å². The lowest BCUT2D eigenvalue weighted by molar-refractivity contribution is 0.199. The fraction of sp³-hybridized carbons (Fsp3) is 0.571. The van der Waals surface area contributed by atoms with E-state index in [0.29, 0.717) is 0 Å². The third-order valence-corrected chi connectivity index (χ3v) is 4.64. The molecule has 0 amide bonds. The summed E-state index contributed by atoms with van der Waals surface area (Å²) in [5.74, 6) is 0. The van der Waals surface area contributed by atoms with Crippen molar-refractivity contribution >= 4 is 17.4 Å². The molecule has 94 valence electrons. The van der Waals surface area contributed by atoms with E-state index < -0.39 is 0 Å². The van der Waals surface area contributed by atoms with Crippen LogP contribution in [0.4, 0.5) is 5.69 Å². The summed E-state index contributed by atoms with van der Waals surface area (Å²) in [4.78, 5) is 2.41. The predicted molar refractivity (Wildman–Crippen MR) is 75.8 cm³/mol. The van der Waals surface area contributed by atoms with E-state index in [0.717, 1.165) is 23.9 Å². The summed E-state index contributed by atoms with van der Waals surface area (Å²) in [7, 11) is 0. The first-order chi connectivity index (χ1) is 8.22. The molecule has 0 aliphatic carbocycles. The van der Waals surface area contributed by atoms with Crippen LogP contribution < -0.4 is 4.90 Å². The lowest BCUT2D eigenvalue weighted by Crippen LogP contribution is -2.35. The van der Waals surface area contributed by atoms with E-state index in [1.54, 1.807) is 0 Å². The Hall–Kier alpha value is -0.670. The number of anilines is 1. The number of piperidine rings is 1. The lowest BCUT2D eigenvalue weighted by atomic mass is 10.0. The maximum Gasteiger partial charge on any atom is 0.0781 e. The highest BCUT2D eigenvalue weighted by Gasteiger charge is 2.20. The van der Waals surface area contributed by atoms with E-state index in [9.17, 15) is 5.11 Å². The Morgan fingerprint density at radius 3 is 2.53 bits per heavy atom. The van der Waals surface area contributed by atoms with Crippen LogP contribution in [0.2, 0.25) is 0 Å². The van der Waals surface area contributed by atoms with Crippen LogP contribution in [-0.2, 0) is 0 Å². The molecule has 1 N–H and O–H groups in total. The first-order valence-corrected chi connectivity index (χ1v) is 7.56. The van der Waals surface area contributed by atoms with E-state index >= 15 is 0 Å². The average Bonchev–Trinajstić information content (AvgIpc) is 2.39. The van der Waals surface area contributed by atoms with Crippen LogP contribution in [0, 0.1) is 0 Å². The van der Waals surface area contributed by atoms with Crippen molar-refractivity contribution in [3.05, 3.63) is 29.8 Å². The first-order valence-electron chi connectivity index (χ1n) is 6.27. The lowest BCUT2D eigenvalue weighted by Gasteiger charge is -2.34. The average molecular weight is 251 g/mol. The Labute approximate surface area is 108 Å². The number of rotatable bonds is 3. The third-order valence-electron chi connectivity index (χ3n) is 3.50. The molecule has 0 spiro atoms. The normalized spacial score (nSPS) is 19.4. The smallest absolute Gasteiger partial charge is 0.0781 e. The highest BCUT2D eigenvalue weighted by Crippen LogP contribution is 2.30. The van der Waals surface area contributed by atoms with E-state index in [1.807, 2.05) is 30.8 Å². The first kappa shape index (κ1) is 12.8. The molecule has 2 nitrogen and oxygen atoms in total. The topological polar surface area (TPSA) is 23.5 Å². The molecule has 1 heterocycles. The fourth-order valence-corrected chi connectivity index (χ4v) is 3.14. The van der Waals surface area contributed by atoms with Gasteiger partial charge < -0.3 is 10.0 Å². The minimum absolute atomic E-state index is 0.385. The molecule has 1 aliphatic heterocycles. The zero-order chi connectivity index (χ0) is 12.3. The van der Waals surface area contributed by atoms with Crippen LogP contribution in [0.15, 0.2) is 24.3 Å². The second-order valence-corrected chi connectivity index (χ2v) is 5.79. The van der Waals surface area contributed by atoms with Crippen LogP contribution in [0.3, 0.4) is 0 Å². The van der Waals surface area contributed by atoms with Crippen molar-refractivity contribution in [2.24, 2.45) is 0 Å². The molecule has 1 aromatic carbocycles. The Bertz CT molecular complexity index is 359. The number of nitrogens with zero attached hydrogens (tertiary/aromatic N) is 1. The van der Waals surface area contributed by atoms with E-state index in [2.05, 4.69) is 23.3 Å². The van der Waals surface area contributed by atoms with Crippen LogP contribution in [0.25, 0.3) is 0 Å². The van der Waals surface area contributed by atoms with Gasteiger partial charge in [0.15, 0.2) is 0 Å². The molecule has 17 heavy (non-hydrogen) atoms. The number of hydrogen-bond acceptors (Lipinski definition) is 3. The number of hydrogen-bond donors (Lipinski definition) is 1. The molecule has 0 bridgehead atoms. The van der Waals surface area contributed by atoms with Gasteiger partial charge in [-0.25, -0.2) is 0 Å². The Morgan fingerprint density at radius 2 is 1.94 bits per heavy atom. The third kappa shape index (κ3) is 2.96. The van der Waals surface area contributed by atoms with E-state index in [4.69, 9.17) is 0 Å². The standard InChI is InChI=1S/C14H21NOS/c1-11(16)13-5-3-4-6-14(13)15-9-7-12(17-2)8-10-15/h3-6,11-12,16H,7-10H2,1-2H3/t11-/m0/s1. The fourth-order valence-electron chi connectivity index (χ4n) is 2.46. The second kappa shape index (κ2) is 5.78. The molecule has 1 fully saturated rings. The van der Waals surface area contributed by atoms with Gasteiger partial charge in [-0.15, -0.1) is 0 Å². The summed E-state index contributed by atoms with van der Waals surface area (Å²) in [6, 6.07) is 8.21. The van der Waals surface area contributed by atoms with Gasteiger partial charge in [0.1, 0.15) is 0 Å². The molecule has 0 aromatic heterocycles. The second-order valence-electron chi connectivity index (χ2n) is 4.66. The molecule has 0 unspecified atom stereocenters. The van der Waals surface area contributed by atoms with Crippen LogP contribution in [0.5, 0.6) is 0 Å². The molecule has 2 rings (SSSR count). The van der Waals surface area contributed by atoms with Crippen LogP contribution >= 0.6 is 11.8 Å². The monoisotopic (exact) mass is 251 g/mol. The SMILES string of the molecule is CSC1CCN(c2ccccc2[C@H](C)O)CC1. The molecule has 1 aliphatic rings. The van der Waals surface area contributed by atoms with Crippen molar-refractivity contribution in [2.45, 2.75) is 31.1 Å². The predicted octanol–water partition coefficient (Wildman–Crippen LogP) is 3.07. The summed E-state index contributed by atoms with van der Waals surface area (Å²) in [5.41, 5.74) is 2.26. The Morgan fingerprint density at radius 1 is 1.29 bits per heavy atom. The van der Waals surface area contributed by atoms with Crippen molar-refractivity contribution in [2.75, 3.05) is 24.2 Å². The summed E-state index contributed by atoms with van der Waals surface area (Å²) in [6.07, 6.45) is 4.30. The molecule has 0 saturated carbocycles.